The molecule has 0 aliphatic rings. The molecule has 0 unspecified atom stereocenters. The van der Waals surface area contributed by atoms with Crippen molar-refractivity contribution in [3.8, 4) is 11.8 Å². The highest BCUT2D eigenvalue weighted by Gasteiger charge is 2.06. The highest BCUT2D eigenvalue weighted by molar-refractivity contribution is 9.10. The molecule has 134 valence electrons. The van der Waals surface area contributed by atoms with E-state index in [1.807, 2.05) is 30.3 Å². The third-order valence-corrected chi connectivity index (χ3v) is 4.65. The van der Waals surface area contributed by atoms with Crippen LogP contribution in [0.4, 0.5) is 4.39 Å². The Kier molecular flexibility index (Phi) is 6.28. The minimum Gasteiger partial charge on any atom is -0.487 e. The Labute approximate surface area is 170 Å². The molecule has 0 radical (unpaired) electrons. The van der Waals surface area contributed by atoms with Crippen LogP contribution in [-0.4, -0.2) is 0 Å². The van der Waals surface area contributed by atoms with Crippen molar-refractivity contribution in [2.75, 3.05) is 0 Å². The van der Waals surface area contributed by atoms with E-state index in [1.54, 1.807) is 30.3 Å². The minimum atomic E-state index is -0.306. The quantitative estimate of drug-likeness (QED) is 0.318. The van der Waals surface area contributed by atoms with Crippen LogP contribution < -0.4 is 4.74 Å². The number of benzene rings is 3. The first-order chi connectivity index (χ1) is 13.0. The normalized spacial score (nSPS) is 11.1. The Morgan fingerprint density at radius 1 is 1.11 bits per heavy atom. The summed E-state index contributed by atoms with van der Waals surface area (Å²) in [5, 5.41) is 9.87. The Hall–Kier alpha value is -2.61. The number of rotatable bonds is 5. The van der Waals surface area contributed by atoms with Crippen molar-refractivity contribution in [2.24, 2.45) is 0 Å². The zero-order chi connectivity index (χ0) is 19.2. The largest absolute Gasteiger partial charge is 0.487 e. The van der Waals surface area contributed by atoms with Crippen LogP contribution in [0.15, 0.2) is 71.2 Å². The van der Waals surface area contributed by atoms with Crippen molar-refractivity contribution in [1.29, 1.82) is 5.26 Å². The smallest absolute Gasteiger partial charge is 0.138 e. The van der Waals surface area contributed by atoms with Crippen molar-refractivity contribution in [2.45, 2.75) is 6.61 Å². The first kappa shape index (κ1) is 19.2. The molecule has 0 aromatic heterocycles. The fourth-order valence-corrected chi connectivity index (χ4v) is 3.00. The molecule has 0 bridgehead atoms. The Balaban J connectivity index is 1.77. The molecule has 0 spiro atoms. The molecule has 2 nitrogen and oxygen atoms in total. The monoisotopic (exact) mass is 441 g/mol. The van der Waals surface area contributed by atoms with Gasteiger partial charge < -0.3 is 4.74 Å². The van der Waals surface area contributed by atoms with Gasteiger partial charge in [0.2, 0.25) is 0 Å². The Bertz CT molecular complexity index is 1030. The van der Waals surface area contributed by atoms with Crippen LogP contribution in [0.5, 0.6) is 5.75 Å². The van der Waals surface area contributed by atoms with E-state index in [1.165, 1.54) is 12.1 Å². The van der Waals surface area contributed by atoms with Crippen molar-refractivity contribution in [3.63, 3.8) is 0 Å². The van der Waals surface area contributed by atoms with Gasteiger partial charge in [-0.05, 0) is 59.2 Å². The molecule has 0 aliphatic heterocycles. The molecule has 0 saturated heterocycles. The molecule has 0 N–H and O–H groups in total. The molecule has 3 aromatic rings. The summed E-state index contributed by atoms with van der Waals surface area (Å²) in [6, 6.07) is 21.2. The predicted molar refractivity (Wildman–Crippen MR) is 110 cm³/mol. The van der Waals surface area contributed by atoms with Gasteiger partial charge in [-0.25, -0.2) is 4.39 Å². The van der Waals surface area contributed by atoms with E-state index in [9.17, 15) is 9.65 Å². The molecular formula is C22H14BrClFNO. The summed E-state index contributed by atoms with van der Waals surface area (Å²) >= 11 is 9.68. The SMILES string of the molecule is N#C/C(=C\c1ccc(OCc2cccc(F)c2)c(Cl)c1)c1ccc(Br)cc1. The standard InChI is InChI=1S/C22H14BrClFNO/c23-19-7-5-17(6-8-19)18(13-26)10-15-4-9-22(21(24)12-15)27-14-16-2-1-3-20(25)11-16/h1-12H,14H2/b18-10+. The van der Waals surface area contributed by atoms with Crippen molar-refractivity contribution in [1.82, 2.24) is 0 Å². The van der Waals surface area contributed by atoms with Gasteiger partial charge >= 0.3 is 0 Å². The van der Waals surface area contributed by atoms with Gasteiger partial charge in [0, 0.05) is 4.47 Å². The number of hydrogen-bond donors (Lipinski definition) is 0. The van der Waals surface area contributed by atoms with Crippen molar-refractivity contribution in [3.05, 3.63) is 98.7 Å². The van der Waals surface area contributed by atoms with E-state index >= 15 is 0 Å². The first-order valence-corrected chi connectivity index (χ1v) is 9.27. The Morgan fingerprint density at radius 2 is 1.89 bits per heavy atom. The summed E-state index contributed by atoms with van der Waals surface area (Å²) in [5.41, 5.74) is 2.87. The second kappa shape index (κ2) is 8.85. The number of nitriles is 1. The average Bonchev–Trinajstić information content (AvgIpc) is 2.66. The summed E-state index contributed by atoms with van der Waals surface area (Å²) in [4.78, 5) is 0. The van der Waals surface area contributed by atoms with Crippen LogP contribution in [0.25, 0.3) is 11.6 Å². The molecule has 3 rings (SSSR count). The fraction of sp³-hybridized carbons (Fsp3) is 0.0455. The second-order valence-corrected chi connectivity index (χ2v) is 7.11. The third-order valence-electron chi connectivity index (χ3n) is 3.83. The lowest BCUT2D eigenvalue weighted by Gasteiger charge is -2.09. The van der Waals surface area contributed by atoms with Gasteiger partial charge in [-0.1, -0.05) is 57.9 Å². The number of hydrogen-bond acceptors (Lipinski definition) is 2. The van der Waals surface area contributed by atoms with E-state index in [0.717, 1.165) is 21.2 Å². The maximum absolute atomic E-state index is 13.2. The molecule has 3 aromatic carbocycles. The van der Waals surface area contributed by atoms with Gasteiger partial charge in [-0.2, -0.15) is 5.26 Å². The lowest BCUT2D eigenvalue weighted by Crippen LogP contribution is -1.96. The van der Waals surface area contributed by atoms with Crippen LogP contribution in [0, 0.1) is 17.1 Å². The molecule has 0 atom stereocenters. The van der Waals surface area contributed by atoms with E-state index in [2.05, 4.69) is 22.0 Å². The third kappa shape index (κ3) is 5.19. The van der Waals surface area contributed by atoms with Crippen molar-refractivity contribution < 1.29 is 9.13 Å². The molecule has 27 heavy (non-hydrogen) atoms. The summed E-state index contributed by atoms with van der Waals surface area (Å²) in [5.74, 6) is 0.194. The van der Waals surface area contributed by atoms with E-state index in [4.69, 9.17) is 16.3 Å². The molecule has 0 fully saturated rings. The number of ether oxygens (including phenoxy) is 1. The molecule has 0 amide bonds. The van der Waals surface area contributed by atoms with Crippen LogP contribution in [0.3, 0.4) is 0 Å². The highest BCUT2D eigenvalue weighted by atomic mass is 79.9. The zero-order valence-electron chi connectivity index (χ0n) is 14.1. The fourth-order valence-electron chi connectivity index (χ4n) is 2.49. The summed E-state index contributed by atoms with van der Waals surface area (Å²) < 4.78 is 19.8. The van der Waals surface area contributed by atoms with Gasteiger partial charge in [-0.3, -0.25) is 0 Å². The zero-order valence-corrected chi connectivity index (χ0v) is 16.5. The van der Waals surface area contributed by atoms with Crippen LogP contribution in [0.1, 0.15) is 16.7 Å². The van der Waals surface area contributed by atoms with Gasteiger partial charge in [-0.15, -0.1) is 0 Å². The number of nitrogens with zero attached hydrogens (tertiary/aromatic N) is 1. The van der Waals surface area contributed by atoms with E-state index in [0.29, 0.717) is 16.3 Å². The molecule has 5 heteroatoms. The van der Waals surface area contributed by atoms with Crippen LogP contribution in [-0.2, 0) is 6.61 Å². The van der Waals surface area contributed by atoms with Gasteiger partial charge in [0.15, 0.2) is 0 Å². The lowest BCUT2D eigenvalue weighted by atomic mass is 10.0. The number of halogens is 3. The van der Waals surface area contributed by atoms with Gasteiger partial charge in [0.05, 0.1) is 16.7 Å². The van der Waals surface area contributed by atoms with Crippen LogP contribution >= 0.6 is 27.5 Å². The highest BCUT2D eigenvalue weighted by Crippen LogP contribution is 2.28. The van der Waals surface area contributed by atoms with Gasteiger partial charge in [0.1, 0.15) is 18.2 Å². The van der Waals surface area contributed by atoms with Gasteiger partial charge in [0.25, 0.3) is 0 Å². The number of allylic oxidation sites excluding steroid dienone is 1. The minimum absolute atomic E-state index is 0.217. The maximum Gasteiger partial charge on any atom is 0.138 e. The molecule has 0 aliphatic carbocycles. The maximum atomic E-state index is 13.2. The molecular weight excluding hydrogens is 429 g/mol. The summed E-state index contributed by atoms with van der Waals surface area (Å²) in [7, 11) is 0. The summed E-state index contributed by atoms with van der Waals surface area (Å²) in [6.45, 7) is 0.217. The predicted octanol–water partition coefficient (Wildman–Crippen LogP) is 6.88. The average molecular weight is 443 g/mol. The lowest BCUT2D eigenvalue weighted by molar-refractivity contribution is 0.306. The van der Waals surface area contributed by atoms with Crippen molar-refractivity contribution >= 4 is 39.2 Å². The van der Waals surface area contributed by atoms with E-state index in [-0.39, 0.29) is 12.4 Å². The summed E-state index contributed by atoms with van der Waals surface area (Å²) in [6.07, 6.45) is 1.77. The first-order valence-electron chi connectivity index (χ1n) is 8.10. The van der Waals surface area contributed by atoms with E-state index < -0.39 is 0 Å². The second-order valence-electron chi connectivity index (χ2n) is 5.79. The van der Waals surface area contributed by atoms with Crippen LogP contribution in [0.2, 0.25) is 5.02 Å². The Morgan fingerprint density at radius 3 is 2.56 bits per heavy atom. The molecule has 0 saturated carbocycles. The topological polar surface area (TPSA) is 33.0 Å². The molecule has 0 heterocycles.